The Morgan fingerprint density at radius 3 is 2.27 bits per heavy atom. The second-order valence-electron chi connectivity index (χ2n) is 6.12. The van der Waals surface area contributed by atoms with Crippen molar-refractivity contribution in [2.45, 2.75) is 20.3 Å². The van der Waals surface area contributed by atoms with Crippen molar-refractivity contribution in [3.05, 3.63) is 76.2 Å². The van der Waals surface area contributed by atoms with E-state index < -0.39 is 5.97 Å². The van der Waals surface area contributed by atoms with Crippen LogP contribution in [0.5, 0.6) is 0 Å². The van der Waals surface area contributed by atoms with Gasteiger partial charge >= 0.3 is 5.97 Å². The van der Waals surface area contributed by atoms with Crippen LogP contribution in [0.1, 0.15) is 26.4 Å². The zero-order chi connectivity index (χ0) is 18.7. The molecule has 3 rings (SSSR count). The number of hydrogen-bond acceptors (Lipinski definition) is 3. The Balaban J connectivity index is 1.93. The van der Waals surface area contributed by atoms with Crippen molar-refractivity contribution in [3.63, 3.8) is 0 Å². The molecule has 0 bridgehead atoms. The van der Waals surface area contributed by atoms with E-state index >= 15 is 0 Å². The van der Waals surface area contributed by atoms with Crippen LogP contribution in [-0.4, -0.2) is 17.0 Å². The quantitative estimate of drug-likeness (QED) is 0.675. The van der Waals surface area contributed by atoms with Crippen molar-refractivity contribution in [2.75, 3.05) is 5.32 Å². The van der Waals surface area contributed by atoms with Gasteiger partial charge in [0.1, 0.15) is 10.6 Å². The van der Waals surface area contributed by atoms with E-state index in [-0.39, 0.29) is 17.9 Å². The van der Waals surface area contributed by atoms with Crippen LogP contribution < -0.4 is 5.32 Å². The van der Waals surface area contributed by atoms with Crippen LogP contribution >= 0.6 is 11.3 Å². The minimum atomic E-state index is -1.04. The van der Waals surface area contributed by atoms with Gasteiger partial charge in [0.05, 0.1) is 6.42 Å². The van der Waals surface area contributed by atoms with Gasteiger partial charge in [-0.2, -0.15) is 0 Å². The molecule has 0 atom stereocenters. The first kappa shape index (κ1) is 17.9. The molecule has 0 fully saturated rings. The third kappa shape index (κ3) is 3.83. The zero-order valence-electron chi connectivity index (χ0n) is 14.6. The largest absolute Gasteiger partial charge is 0.478 e. The molecule has 3 aromatic rings. The van der Waals surface area contributed by atoms with E-state index in [9.17, 15) is 14.7 Å². The summed E-state index contributed by atoms with van der Waals surface area (Å²) in [6, 6.07) is 17.1. The molecule has 132 valence electrons. The van der Waals surface area contributed by atoms with Gasteiger partial charge < -0.3 is 10.4 Å². The molecule has 4 nitrogen and oxygen atoms in total. The van der Waals surface area contributed by atoms with Crippen LogP contribution in [-0.2, 0) is 11.2 Å². The van der Waals surface area contributed by atoms with Crippen molar-refractivity contribution >= 4 is 28.2 Å². The second-order valence-corrected chi connectivity index (χ2v) is 7.34. The first-order valence-corrected chi connectivity index (χ1v) is 9.05. The predicted molar refractivity (Wildman–Crippen MR) is 105 cm³/mol. The van der Waals surface area contributed by atoms with E-state index in [2.05, 4.69) is 5.32 Å². The maximum absolute atomic E-state index is 12.4. The molecule has 2 aromatic carbocycles. The summed E-state index contributed by atoms with van der Waals surface area (Å²) in [6.45, 7) is 3.86. The van der Waals surface area contributed by atoms with Gasteiger partial charge in [0.25, 0.3) is 0 Å². The zero-order valence-corrected chi connectivity index (χ0v) is 15.4. The lowest BCUT2D eigenvalue weighted by atomic mass is 10.0. The average molecular weight is 365 g/mol. The Kier molecular flexibility index (Phi) is 5.19. The summed E-state index contributed by atoms with van der Waals surface area (Å²) in [5.41, 5.74) is 3.64. The maximum Gasteiger partial charge on any atom is 0.339 e. The van der Waals surface area contributed by atoms with Gasteiger partial charge in [-0.05, 0) is 25.0 Å². The maximum atomic E-state index is 12.4. The van der Waals surface area contributed by atoms with Gasteiger partial charge in [-0.1, -0.05) is 60.2 Å². The summed E-state index contributed by atoms with van der Waals surface area (Å²) in [7, 11) is 0. The van der Waals surface area contributed by atoms with Crippen LogP contribution in [0.15, 0.2) is 54.6 Å². The highest BCUT2D eigenvalue weighted by atomic mass is 32.1. The molecule has 0 aliphatic heterocycles. The van der Waals surface area contributed by atoms with E-state index in [4.69, 9.17) is 0 Å². The summed E-state index contributed by atoms with van der Waals surface area (Å²) < 4.78 is 0. The molecule has 0 saturated heterocycles. The highest BCUT2D eigenvalue weighted by Crippen LogP contribution is 2.40. The second kappa shape index (κ2) is 7.54. The van der Waals surface area contributed by atoms with Crippen LogP contribution in [0, 0.1) is 13.8 Å². The predicted octanol–water partition coefficient (Wildman–Crippen LogP) is 4.91. The molecule has 0 unspecified atom stereocenters. The van der Waals surface area contributed by atoms with E-state index in [1.807, 2.05) is 68.4 Å². The number of benzene rings is 2. The van der Waals surface area contributed by atoms with Gasteiger partial charge in [0.2, 0.25) is 5.91 Å². The Labute approximate surface area is 156 Å². The minimum absolute atomic E-state index is 0.151. The number of nitrogens with one attached hydrogen (secondary N) is 1. The molecule has 2 N–H and O–H groups in total. The fourth-order valence-electron chi connectivity index (χ4n) is 2.86. The number of carboxylic acid groups (broad SMARTS) is 1. The van der Waals surface area contributed by atoms with Crippen LogP contribution in [0.3, 0.4) is 0 Å². The molecule has 0 spiro atoms. The van der Waals surface area contributed by atoms with Crippen molar-refractivity contribution in [1.82, 2.24) is 0 Å². The molecule has 1 amide bonds. The van der Waals surface area contributed by atoms with Crippen molar-refractivity contribution in [2.24, 2.45) is 0 Å². The van der Waals surface area contributed by atoms with Gasteiger partial charge in [-0.25, -0.2) is 4.79 Å². The minimum Gasteiger partial charge on any atom is -0.478 e. The average Bonchev–Trinajstić information content (AvgIpc) is 2.92. The Morgan fingerprint density at radius 2 is 1.65 bits per heavy atom. The van der Waals surface area contributed by atoms with Gasteiger partial charge in [-0.15, -0.1) is 11.3 Å². The fourth-order valence-corrected chi connectivity index (χ4v) is 3.94. The van der Waals surface area contributed by atoms with E-state index in [0.717, 1.165) is 21.6 Å². The normalized spacial score (nSPS) is 10.5. The van der Waals surface area contributed by atoms with Crippen LogP contribution in [0.2, 0.25) is 0 Å². The van der Waals surface area contributed by atoms with Crippen molar-refractivity contribution < 1.29 is 14.7 Å². The number of rotatable bonds is 5. The van der Waals surface area contributed by atoms with Crippen molar-refractivity contribution in [3.8, 4) is 11.1 Å². The monoisotopic (exact) mass is 365 g/mol. The summed E-state index contributed by atoms with van der Waals surface area (Å²) in [4.78, 5) is 25.1. The SMILES string of the molecule is Cc1ccc(-c2c(C)sc(NC(=O)Cc3ccccc3)c2C(=O)O)cc1. The molecule has 26 heavy (non-hydrogen) atoms. The highest BCUT2D eigenvalue weighted by molar-refractivity contribution is 7.17. The van der Waals surface area contributed by atoms with Crippen LogP contribution in [0.4, 0.5) is 5.00 Å². The van der Waals surface area contributed by atoms with Crippen LogP contribution in [0.25, 0.3) is 11.1 Å². The topological polar surface area (TPSA) is 66.4 Å². The third-order valence-electron chi connectivity index (χ3n) is 4.10. The van der Waals surface area contributed by atoms with Gasteiger partial charge in [0, 0.05) is 10.4 Å². The lowest BCUT2D eigenvalue weighted by Crippen LogP contribution is -2.15. The molecule has 0 aliphatic rings. The summed E-state index contributed by atoms with van der Waals surface area (Å²) in [6.07, 6.45) is 0.205. The van der Waals surface area contributed by atoms with E-state index in [0.29, 0.717) is 10.6 Å². The Hall–Kier alpha value is -2.92. The summed E-state index contributed by atoms with van der Waals surface area (Å²) in [5.74, 6) is -1.27. The molecule has 0 aliphatic carbocycles. The molecular weight excluding hydrogens is 346 g/mol. The number of hydrogen-bond donors (Lipinski definition) is 2. The highest BCUT2D eigenvalue weighted by Gasteiger charge is 2.24. The molecule has 1 aromatic heterocycles. The van der Waals surface area contributed by atoms with E-state index in [1.165, 1.54) is 11.3 Å². The lowest BCUT2D eigenvalue weighted by Gasteiger charge is -2.07. The van der Waals surface area contributed by atoms with Gasteiger partial charge in [0.15, 0.2) is 0 Å². The van der Waals surface area contributed by atoms with Crippen molar-refractivity contribution in [1.29, 1.82) is 0 Å². The number of carbonyl (C=O) groups is 2. The third-order valence-corrected chi connectivity index (χ3v) is 5.12. The molecule has 5 heteroatoms. The molecule has 1 heterocycles. The molecule has 0 saturated carbocycles. The first-order valence-electron chi connectivity index (χ1n) is 8.23. The van der Waals surface area contributed by atoms with E-state index in [1.54, 1.807) is 0 Å². The lowest BCUT2D eigenvalue weighted by molar-refractivity contribution is -0.115. The summed E-state index contributed by atoms with van der Waals surface area (Å²) >= 11 is 1.29. The smallest absolute Gasteiger partial charge is 0.339 e. The number of anilines is 1. The molecule has 0 radical (unpaired) electrons. The number of aryl methyl sites for hydroxylation is 2. The number of aromatic carboxylic acids is 1. The number of carboxylic acids is 1. The Bertz CT molecular complexity index is 943. The standard InChI is InChI=1S/C21H19NO3S/c1-13-8-10-16(11-9-13)18-14(2)26-20(19(18)21(24)25)22-17(23)12-15-6-4-3-5-7-15/h3-11H,12H2,1-2H3,(H,22,23)(H,24,25). The number of carbonyl (C=O) groups excluding carboxylic acids is 1. The Morgan fingerprint density at radius 1 is 1.00 bits per heavy atom. The number of thiophene rings is 1. The summed E-state index contributed by atoms with van der Waals surface area (Å²) in [5, 5.41) is 12.9. The first-order chi connectivity index (χ1) is 12.5. The number of amides is 1. The fraction of sp³-hybridized carbons (Fsp3) is 0.143. The molecular formula is C21H19NO3S. The van der Waals surface area contributed by atoms with Gasteiger partial charge in [-0.3, -0.25) is 4.79 Å².